The molecular weight excluding hydrogens is 318 g/mol. The summed E-state index contributed by atoms with van der Waals surface area (Å²) < 4.78 is 31.1. The van der Waals surface area contributed by atoms with E-state index in [0.717, 1.165) is 30.6 Å². The first-order valence-corrected chi connectivity index (χ1v) is 8.56. The van der Waals surface area contributed by atoms with E-state index < -0.39 is 17.0 Å². The Morgan fingerprint density at radius 1 is 1.35 bits per heavy atom. The number of esters is 1. The summed E-state index contributed by atoms with van der Waals surface area (Å²) in [6.07, 6.45) is 1.16. The van der Waals surface area contributed by atoms with E-state index in [1.165, 1.54) is 0 Å². The normalized spacial score (nSPS) is 16.5. The van der Waals surface area contributed by atoms with Crippen molar-refractivity contribution in [3.05, 3.63) is 29.3 Å². The van der Waals surface area contributed by atoms with Gasteiger partial charge in [-0.05, 0) is 50.5 Å². The molecule has 0 N–H and O–H groups in total. The lowest BCUT2D eigenvalue weighted by Crippen LogP contribution is -2.33. The van der Waals surface area contributed by atoms with E-state index in [1.807, 2.05) is 26.8 Å². The van der Waals surface area contributed by atoms with Crippen LogP contribution in [0.1, 0.15) is 38.3 Å². The van der Waals surface area contributed by atoms with E-state index in [0.29, 0.717) is 18.7 Å². The molecule has 2 rings (SSSR count). The molecule has 1 atom stereocenters. The molecule has 0 bridgehead atoms. The van der Waals surface area contributed by atoms with Gasteiger partial charge in [-0.3, -0.25) is 9.69 Å². The molecule has 0 fully saturated rings. The Balaban J connectivity index is 1.88. The fourth-order valence-electron chi connectivity index (χ4n) is 2.55. The summed E-state index contributed by atoms with van der Waals surface area (Å²) >= 11 is -2.55. The highest BCUT2D eigenvalue weighted by Crippen LogP contribution is 2.24. The molecule has 7 heteroatoms. The summed E-state index contributed by atoms with van der Waals surface area (Å²) in [4.78, 5) is 14.0. The van der Waals surface area contributed by atoms with Crippen molar-refractivity contribution in [2.75, 3.05) is 13.1 Å². The molecule has 1 unspecified atom stereocenters. The number of hydrogen-bond donors (Lipinski definition) is 0. The Hall–Kier alpha value is -1.44. The van der Waals surface area contributed by atoms with Crippen LogP contribution in [0.2, 0.25) is 0 Å². The molecule has 0 saturated heterocycles. The molecule has 0 amide bonds. The number of rotatable bonds is 5. The molecule has 1 aromatic carbocycles. The zero-order chi connectivity index (χ0) is 17.0. The number of fused-ring (bicyclic) bond motifs is 1. The number of benzene rings is 1. The van der Waals surface area contributed by atoms with Gasteiger partial charge in [0.25, 0.3) is 0 Å². The van der Waals surface area contributed by atoms with Crippen molar-refractivity contribution in [3.63, 3.8) is 0 Å². The summed E-state index contributed by atoms with van der Waals surface area (Å²) in [5, 5.41) is 0. The van der Waals surface area contributed by atoms with Gasteiger partial charge < -0.3 is 13.5 Å². The van der Waals surface area contributed by atoms with Crippen LogP contribution in [0.3, 0.4) is 0 Å². The summed E-state index contributed by atoms with van der Waals surface area (Å²) in [7, 11) is 0. The first-order valence-electron chi connectivity index (χ1n) is 7.56. The molecule has 0 saturated carbocycles. The largest absolute Gasteiger partial charge is 0.740 e. The molecule has 0 aromatic heterocycles. The van der Waals surface area contributed by atoms with Gasteiger partial charge in [0.15, 0.2) is 0 Å². The number of hydrogen-bond acceptors (Lipinski definition) is 6. The van der Waals surface area contributed by atoms with Crippen LogP contribution >= 0.6 is 0 Å². The SMILES string of the molecule is CC(C)(C)OC(=O)CCN1CCc2cc(OS(=O)[O-])ccc2C1. The van der Waals surface area contributed by atoms with Crippen molar-refractivity contribution in [2.45, 2.75) is 45.8 Å². The van der Waals surface area contributed by atoms with Crippen molar-refractivity contribution in [2.24, 2.45) is 0 Å². The second kappa shape index (κ2) is 7.42. The van der Waals surface area contributed by atoms with Crippen LogP contribution in [0.5, 0.6) is 5.75 Å². The zero-order valence-corrected chi connectivity index (χ0v) is 14.5. The van der Waals surface area contributed by atoms with Crippen molar-refractivity contribution < 1.29 is 22.5 Å². The van der Waals surface area contributed by atoms with E-state index in [-0.39, 0.29) is 5.97 Å². The third-order valence-electron chi connectivity index (χ3n) is 3.49. The van der Waals surface area contributed by atoms with Gasteiger partial charge in [-0.25, -0.2) is 4.21 Å². The first kappa shape index (κ1) is 17.9. The molecule has 0 spiro atoms. The molecule has 0 aliphatic carbocycles. The lowest BCUT2D eigenvalue weighted by atomic mass is 9.99. The minimum absolute atomic E-state index is 0.190. The lowest BCUT2D eigenvalue weighted by molar-refractivity contribution is -0.155. The van der Waals surface area contributed by atoms with Gasteiger partial charge in [-0.1, -0.05) is 6.07 Å². The smallest absolute Gasteiger partial charge is 0.307 e. The van der Waals surface area contributed by atoms with E-state index in [2.05, 4.69) is 9.08 Å². The maximum Gasteiger partial charge on any atom is 0.307 e. The minimum Gasteiger partial charge on any atom is -0.740 e. The van der Waals surface area contributed by atoms with Crippen LogP contribution in [0.25, 0.3) is 0 Å². The molecule has 1 aromatic rings. The number of nitrogens with zero attached hydrogens (tertiary/aromatic N) is 1. The van der Waals surface area contributed by atoms with Crippen molar-refractivity contribution in [1.29, 1.82) is 0 Å². The highest BCUT2D eigenvalue weighted by atomic mass is 32.2. The number of ether oxygens (including phenoxy) is 1. The van der Waals surface area contributed by atoms with E-state index in [1.54, 1.807) is 12.1 Å². The van der Waals surface area contributed by atoms with E-state index in [4.69, 9.17) is 4.74 Å². The molecule has 23 heavy (non-hydrogen) atoms. The van der Waals surface area contributed by atoms with Crippen molar-refractivity contribution in [1.82, 2.24) is 4.90 Å². The topological polar surface area (TPSA) is 78.9 Å². The predicted molar refractivity (Wildman–Crippen MR) is 85.4 cm³/mol. The van der Waals surface area contributed by atoms with Crippen LogP contribution in [-0.4, -0.2) is 38.3 Å². The summed E-state index contributed by atoms with van der Waals surface area (Å²) in [5.74, 6) is 0.143. The fraction of sp³-hybridized carbons (Fsp3) is 0.562. The highest BCUT2D eigenvalue weighted by molar-refractivity contribution is 7.74. The zero-order valence-electron chi connectivity index (χ0n) is 13.7. The maximum atomic E-state index is 11.8. The Bertz CT molecular complexity index is 597. The third-order valence-corrected chi connectivity index (χ3v) is 3.81. The minimum atomic E-state index is -2.55. The van der Waals surface area contributed by atoms with Gasteiger partial charge in [0.1, 0.15) is 22.7 Å². The Kier molecular flexibility index (Phi) is 5.78. The van der Waals surface area contributed by atoms with Crippen molar-refractivity contribution >= 4 is 17.3 Å². The lowest BCUT2D eigenvalue weighted by Gasteiger charge is -2.29. The Labute approximate surface area is 139 Å². The maximum absolute atomic E-state index is 11.8. The van der Waals surface area contributed by atoms with Gasteiger partial charge in [-0.2, -0.15) is 0 Å². The Morgan fingerprint density at radius 2 is 2.09 bits per heavy atom. The second-order valence-electron chi connectivity index (χ2n) is 6.58. The van der Waals surface area contributed by atoms with Gasteiger partial charge in [0.05, 0.1) is 6.42 Å². The molecular formula is C16H22NO5S-. The predicted octanol–water partition coefficient (Wildman–Crippen LogP) is 1.95. The van der Waals surface area contributed by atoms with Gasteiger partial charge >= 0.3 is 5.97 Å². The van der Waals surface area contributed by atoms with Crippen LogP contribution in [0.4, 0.5) is 0 Å². The van der Waals surface area contributed by atoms with Gasteiger partial charge in [0.2, 0.25) is 0 Å². The molecule has 1 heterocycles. The van der Waals surface area contributed by atoms with E-state index >= 15 is 0 Å². The summed E-state index contributed by atoms with van der Waals surface area (Å²) in [6, 6.07) is 5.28. The summed E-state index contributed by atoms with van der Waals surface area (Å²) in [5.41, 5.74) is 1.76. The fourth-order valence-corrected chi connectivity index (χ4v) is 2.81. The average molecular weight is 340 g/mol. The van der Waals surface area contributed by atoms with Gasteiger partial charge in [0, 0.05) is 19.6 Å². The number of carbonyl (C=O) groups excluding carboxylic acids is 1. The van der Waals surface area contributed by atoms with Crippen molar-refractivity contribution in [3.8, 4) is 5.75 Å². The van der Waals surface area contributed by atoms with Crippen LogP contribution in [-0.2, 0) is 33.9 Å². The average Bonchev–Trinajstić information content (AvgIpc) is 2.42. The van der Waals surface area contributed by atoms with Crippen LogP contribution < -0.4 is 4.18 Å². The third kappa shape index (κ3) is 5.93. The standard InChI is InChI=1S/C16H23NO5S/c1-16(2,3)21-15(18)7-9-17-8-6-12-10-14(22-23(19)20)5-4-13(12)11-17/h4-5,10H,6-9,11H2,1-3H3,(H,19,20)/p-1. The first-order chi connectivity index (χ1) is 10.7. The Morgan fingerprint density at radius 3 is 2.74 bits per heavy atom. The van der Waals surface area contributed by atoms with Crippen LogP contribution in [0, 0.1) is 0 Å². The summed E-state index contributed by atoms with van der Waals surface area (Å²) in [6.45, 7) is 7.78. The number of carbonyl (C=O) groups is 1. The highest BCUT2D eigenvalue weighted by Gasteiger charge is 2.20. The molecule has 0 radical (unpaired) electrons. The quantitative estimate of drug-likeness (QED) is 0.602. The van der Waals surface area contributed by atoms with E-state index in [9.17, 15) is 13.6 Å². The van der Waals surface area contributed by atoms with Crippen LogP contribution in [0.15, 0.2) is 18.2 Å². The second-order valence-corrected chi connectivity index (χ2v) is 7.16. The molecule has 6 nitrogen and oxygen atoms in total. The molecule has 1 aliphatic rings. The van der Waals surface area contributed by atoms with Gasteiger partial charge in [-0.15, -0.1) is 0 Å². The molecule has 1 aliphatic heterocycles. The molecule has 128 valence electrons. The monoisotopic (exact) mass is 340 g/mol.